The lowest BCUT2D eigenvalue weighted by Crippen LogP contribution is -2.41. The summed E-state index contributed by atoms with van der Waals surface area (Å²) in [4.78, 5) is 25.1. The van der Waals surface area contributed by atoms with E-state index < -0.39 is 11.3 Å². The van der Waals surface area contributed by atoms with Crippen molar-refractivity contribution in [2.24, 2.45) is 5.41 Å². The van der Waals surface area contributed by atoms with Crippen LogP contribution in [0.15, 0.2) is 42.5 Å². The first-order valence-corrected chi connectivity index (χ1v) is 7.94. The molecule has 5 nitrogen and oxygen atoms in total. The molecular formula is C20H21N3O2. The van der Waals surface area contributed by atoms with Gasteiger partial charge in [0.25, 0.3) is 0 Å². The monoisotopic (exact) mass is 335 g/mol. The fourth-order valence-corrected chi connectivity index (χ4v) is 2.25. The number of carbonyl (C=O) groups excluding carboxylic acids is 2. The molecule has 0 atom stereocenters. The summed E-state index contributed by atoms with van der Waals surface area (Å²) in [5, 5.41) is 14.3. The molecule has 0 bridgehead atoms. The van der Waals surface area contributed by atoms with E-state index >= 15 is 0 Å². The molecule has 2 amide bonds. The van der Waals surface area contributed by atoms with Gasteiger partial charge in [-0.3, -0.25) is 9.59 Å². The van der Waals surface area contributed by atoms with E-state index in [-0.39, 0.29) is 5.91 Å². The van der Waals surface area contributed by atoms with Gasteiger partial charge in [-0.25, -0.2) is 0 Å². The molecule has 2 aromatic carbocycles. The Balaban J connectivity index is 2.11. The molecule has 2 rings (SSSR count). The lowest BCUT2D eigenvalue weighted by Gasteiger charge is -2.23. The number of nitrogens with one attached hydrogen (secondary N) is 2. The summed E-state index contributed by atoms with van der Waals surface area (Å²) in [6, 6.07) is 14.2. The molecule has 0 saturated carbocycles. The van der Waals surface area contributed by atoms with Crippen LogP contribution >= 0.6 is 0 Å². The van der Waals surface area contributed by atoms with Crippen molar-refractivity contribution in [1.82, 2.24) is 0 Å². The van der Waals surface area contributed by atoms with Gasteiger partial charge in [0.2, 0.25) is 11.8 Å². The van der Waals surface area contributed by atoms with Gasteiger partial charge in [0.05, 0.1) is 11.6 Å². The van der Waals surface area contributed by atoms with Gasteiger partial charge in [0, 0.05) is 11.4 Å². The molecule has 5 heteroatoms. The predicted molar refractivity (Wildman–Crippen MR) is 98.1 cm³/mol. The minimum absolute atomic E-state index is 0.384. The lowest BCUT2D eigenvalue weighted by molar-refractivity contribution is -0.135. The predicted octanol–water partition coefficient (Wildman–Crippen LogP) is 3.78. The highest BCUT2D eigenvalue weighted by molar-refractivity contribution is 6.14. The maximum Gasteiger partial charge on any atom is 0.239 e. The Labute approximate surface area is 147 Å². The third kappa shape index (κ3) is 4.24. The van der Waals surface area contributed by atoms with Crippen LogP contribution in [0, 0.1) is 30.6 Å². The molecule has 2 N–H and O–H groups in total. The molecule has 25 heavy (non-hydrogen) atoms. The summed E-state index contributed by atoms with van der Waals surface area (Å²) in [5.41, 5.74) is 2.52. The van der Waals surface area contributed by atoms with Crippen LogP contribution in [0.5, 0.6) is 0 Å². The summed E-state index contributed by atoms with van der Waals surface area (Å²) in [6.45, 7) is 7.04. The van der Waals surface area contributed by atoms with Crippen molar-refractivity contribution < 1.29 is 9.59 Å². The quantitative estimate of drug-likeness (QED) is 0.834. The second-order valence-corrected chi connectivity index (χ2v) is 6.54. The molecule has 0 aliphatic rings. The van der Waals surface area contributed by atoms with Gasteiger partial charge in [-0.05, 0) is 63.6 Å². The Bertz CT molecular complexity index is 846. The largest absolute Gasteiger partial charge is 0.325 e. The van der Waals surface area contributed by atoms with E-state index in [0.29, 0.717) is 16.9 Å². The topological polar surface area (TPSA) is 82.0 Å². The van der Waals surface area contributed by atoms with E-state index in [9.17, 15) is 9.59 Å². The van der Waals surface area contributed by atoms with Crippen LogP contribution in [0.4, 0.5) is 11.4 Å². The number of nitrogens with zero attached hydrogens (tertiary/aromatic N) is 1. The summed E-state index contributed by atoms with van der Waals surface area (Å²) in [7, 11) is 0. The molecule has 0 unspecified atom stereocenters. The fraction of sp³-hybridized carbons (Fsp3) is 0.250. The van der Waals surface area contributed by atoms with Crippen LogP contribution in [-0.2, 0) is 9.59 Å². The molecule has 0 radical (unpaired) electrons. The van der Waals surface area contributed by atoms with E-state index in [1.807, 2.05) is 38.1 Å². The first-order valence-electron chi connectivity index (χ1n) is 7.94. The molecular weight excluding hydrogens is 314 g/mol. The van der Waals surface area contributed by atoms with Gasteiger partial charge in [0.15, 0.2) is 0 Å². The molecule has 0 aliphatic carbocycles. The maximum atomic E-state index is 12.6. The minimum atomic E-state index is -1.26. The zero-order valence-corrected chi connectivity index (χ0v) is 14.8. The molecule has 0 spiro atoms. The average Bonchev–Trinajstić information content (AvgIpc) is 2.57. The summed E-state index contributed by atoms with van der Waals surface area (Å²) in [6.07, 6.45) is 0. The van der Waals surface area contributed by atoms with E-state index in [1.165, 1.54) is 0 Å². The molecule has 0 aromatic heterocycles. The summed E-state index contributed by atoms with van der Waals surface area (Å²) >= 11 is 0. The van der Waals surface area contributed by atoms with Crippen LogP contribution in [-0.4, -0.2) is 11.8 Å². The van der Waals surface area contributed by atoms with Crippen LogP contribution in [0.25, 0.3) is 0 Å². The van der Waals surface area contributed by atoms with Crippen molar-refractivity contribution in [2.45, 2.75) is 27.7 Å². The second-order valence-electron chi connectivity index (χ2n) is 6.54. The Morgan fingerprint density at radius 3 is 2.12 bits per heavy atom. The lowest BCUT2D eigenvalue weighted by atomic mass is 9.90. The number of hydrogen-bond donors (Lipinski definition) is 2. The van der Waals surface area contributed by atoms with E-state index in [2.05, 4.69) is 10.6 Å². The van der Waals surface area contributed by atoms with Crippen LogP contribution in [0.3, 0.4) is 0 Å². The third-order valence-corrected chi connectivity index (χ3v) is 4.04. The SMILES string of the molecule is Cc1ccc(NC(=O)C(C)(C)C(=O)Nc2ccc(C#N)cc2)c(C)c1. The summed E-state index contributed by atoms with van der Waals surface area (Å²) in [5.74, 6) is -0.801. The zero-order valence-electron chi connectivity index (χ0n) is 14.8. The first kappa shape index (κ1) is 18.2. The van der Waals surface area contributed by atoms with Crippen LogP contribution < -0.4 is 10.6 Å². The highest BCUT2D eigenvalue weighted by atomic mass is 16.2. The minimum Gasteiger partial charge on any atom is -0.325 e. The van der Waals surface area contributed by atoms with Crippen molar-refractivity contribution in [3.63, 3.8) is 0 Å². The number of benzene rings is 2. The molecule has 2 aromatic rings. The fourth-order valence-electron chi connectivity index (χ4n) is 2.25. The van der Waals surface area contributed by atoms with Gasteiger partial charge < -0.3 is 10.6 Å². The van der Waals surface area contributed by atoms with Crippen LogP contribution in [0.2, 0.25) is 0 Å². The van der Waals surface area contributed by atoms with Gasteiger partial charge in [0.1, 0.15) is 5.41 Å². The van der Waals surface area contributed by atoms with Gasteiger partial charge in [-0.15, -0.1) is 0 Å². The highest BCUT2D eigenvalue weighted by Crippen LogP contribution is 2.23. The first-order chi connectivity index (χ1) is 11.7. The van der Waals surface area contributed by atoms with E-state index in [0.717, 1.165) is 11.1 Å². The Morgan fingerprint density at radius 2 is 1.56 bits per heavy atom. The molecule has 128 valence electrons. The van der Waals surface area contributed by atoms with Crippen molar-refractivity contribution in [1.29, 1.82) is 5.26 Å². The third-order valence-electron chi connectivity index (χ3n) is 4.04. The molecule has 0 heterocycles. The van der Waals surface area contributed by atoms with Crippen molar-refractivity contribution in [3.8, 4) is 6.07 Å². The molecule has 0 fully saturated rings. The highest BCUT2D eigenvalue weighted by Gasteiger charge is 2.36. The second kappa shape index (κ2) is 7.18. The number of aryl methyl sites for hydroxylation is 2. The smallest absolute Gasteiger partial charge is 0.239 e. The molecule has 0 aliphatic heterocycles. The summed E-state index contributed by atoms with van der Waals surface area (Å²) < 4.78 is 0. The van der Waals surface area contributed by atoms with Gasteiger partial charge in [-0.2, -0.15) is 5.26 Å². The average molecular weight is 335 g/mol. The normalized spacial score (nSPS) is 10.7. The Kier molecular flexibility index (Phi) is 5.23. The van der Waals surface area contributed by atoms with Crippen molar-refractivity contribution in [2.75, 3.05) is 10.6 Å². The number of anilines is 2. The number of hydrogen-bond acceptors (Lipinski definition) is 3. The number of carbonyl (C=O) groups is 2. The van der Waals surface area contributed by atoms with E-state index in [1.54, 1.807) is 38.1 Å². The van der Waals surface area contributed by atoms with Crippen LogP contribution in [0.1, 0.15) is 30.5 Å². The van der Waals surface area contributed by atoms with Gasteiger partial charge in [-0.1, -0.05) is 17.7 Å². The number of rotatable bonds is 4. The Hall–Kier alpha value is -3.13. The number of nitriles is 1. The Morgan fingerprint density at radius 1 is 0.960 bits per heavy atom. The van der Waals surface area contributed by atoms with E-state index in [4.69, 9.17) is 5.26 Å². The zero-order chi connectivity index (χ0) is 18.6. The molecule has 0 saturated heterocycles. The standard InChI is InChI=1S/C20H21N3O2/c1-13-5-10-17(14(2)11-13)23-19(25)20(3,4)18(24)22-16-8-6-15(12-21)7-9-16/h5-11H,1-4H3,(H,22,24)(H,23,25). The number of amides is 2. The van der Waals surface area contributed by atoms with Crippen molar-refractivity contribution in [3.05, 3.63) is 59.2 Å². The maximum absolute atomic E-state index is 12.6. The van der Waals surface area contributed by atoms with Gasteiger partial charge >= 0.3 is 0 Å². The van der Waals surface area contributed by atoms with Crippen molar-refractivity contribution >= 4 is 23.2 Å².